The molecule has 3 rings (SSSR count). The molecule has 0 spiro atoms. The number of rotatable bonds is 7. The second-order valence-electron chi connectivity index (χ2n) is 7.13. The van der Waals surface area contributed by atoms with Crippen molar-refractivity contribution in [3.05, 3.63) is 47.8 Å². The summed E-state index contributed by atoms with van der Waals surface area (Å²) < 4.78 is 30.4. The predicted octanol–water partition coefficient (Wildman–Crippen LogP) is 3.76. The molecule has 2 aromatic carbocycles. The van der Waals surface area contributed by atoms with Gasteiger partial charge in [0.15, 0.2) is 17.5 Å². The Morgan fingerprint density at radius 3 is 2.16 bits per heavy atom. The Bertz CT molecular complexity index is 880. The van der Waals surface area contributed by atoms with Crippen LogP contribution in [0, 0.1) is 5.82 Å². The third kappa shape index (κ3) is 6.08. The predicted molar refractivity (Wildman–Crippen MR) is 137 cm³/mol. The molecule has 0 radical (unpaired) electrons. The number of para-hydroxylation sites is 1. The molecule has 1 aliphatic heterocycles. The van der Waals surface area contributed by atoms with Gasteiger partial charge in [0.05, 0.1) is 33.6 Å². The van der Waals surface area contributed by atoms with Crippen molar-refractivity contribution in [1.29, 1.82) is 0 Å². The number of aliphatic imine (C=N–C) groups is 1. The smallest absolute Gasteiger partial charge is 0.203 e. The number of nitrogens with one attached hydrogen (secondary N) is 1. The lowest BCUT2D eigenvalue weighted by Crippen LogP contribution is -2.52. The van der Waals surface area contributed by atoms with Gasteiger partial charge in [-0.1, -0.05) is 12.1 Å². The Balaban J connectivity index is 0.00000363. The number of hydrogen-bond acceptors (Lipinski definition) is 5. The van der Waals surface area contributed by atoms with Gasteiger partial charge in [-0.25, -0.2) is 9.38 Å². The van der Waals surface area contributed by atoms with Gasteiger partial charge in [-0.2, -0.15) is 0 Å². The monoisotopic (exact) mass is 558 g/mol. The lowest BCUT2D eigenvalue weighted by atomic mass is 10.2. The topological polar surface area (TPSA) is 58.6 Å². The molecule has 0 saturated carbocycles. The van der Waals surface area contributed by atoms with Crippen molar-refractivity contribution < 1.29 is 18.6 Å². The van der Waals surface area contributed by atoms with Crippen LogP contribution in [0.5, 0.6) is 17.2 Å². The van der Waals surface area contributed by atoms with E-state index in [0.29, 0.717) is 29.5 Å². The standard InChI is InChI=1S/C23H31FN4O3.HI/c1-5-25-23(26-16-17-14-20(29-2)22(31-4)21(15-17)30-3)28-12-10-27(11-13-28)19-9-7-6-8-18(19)24;/h6-9,14-15H,5,10-13,16H2,1-4H3,(H,25,26);1H. The lowest BCUT2D eigenvalue weighted by molar-refractivity contribution is 0.324. The zero-order chi connectivity index (χ0) is 22.2. The van der Waals surface area contributed by atoms with Crippen LogP contribution >= 0.6 is 24.0 Å². The van der Waals surface area contributed by atoms with Gasteiger partial charge in [-0.15, -0.1) is 24.0 Å². The van der Waals surface area contributed by atoms with E-state index in [4.69, 9.17) is 19.2 Å². The molecule has 1 aliphatic rings. The second-order valence-corrected chi connectivity index (χ2v) is 7.13. The van der Waals surface area contributed by atoms with Crippen molar-refractivity contribution in [1.82, 2.24) is 10.2 Å². The summed E-state index contributed by atoms with van der Waals surface area (Å²) in [4.78, 5) is 9.10. The van der Waals surface area contributed by atoms with E-state index in [1.54, 1.807) is 27.4 Å². The molecule has 0 aromatic heterocycles. The Morgan fingerprint density at radius 2 is 1.62 bits per heavy atom. The van der Waals surface area contributed by atoms with E-state index >= 15 is 0 Å². The van der Waals surface area contributed by atoms with Crippen LogP contribution in [-0.4, -0.2) is 64.9 Å². The number of anilines is 1. The highest BCUT2D eigenvalue weighted by Crippen LogP contribution is 2.38. The Labute approximate surface area is 206 Å². The summed E-state index contributed by atoms with van der Waals surface area (Å²) in [5, 5.41) is 3.36. The maximum absolute atomic E-state index is 14.1. The normalized spacial score (nSPS) is 14.0. The summed E-state index contributed by atoms with van der Waals surface area (Å²) in [6.45, 7) is 6.26. The lowest BCUT2D eigenvalue weighted by Gasteiger charge is -2.37. The minimum Gasteiger partial charge on any atom is -0.493 e. The van der Waals surface area contributed by atoms with Gasteiger partial charge in [0.25, 0.3) is 0 Å². The molecule has 0 unspecified atom stereocenters. The number of guanidine groups is 1. The Kier molecular flexibility index (Phi) is 10.1. The third-order valence-electron chi connectivity index (χ3n) is 5.24. The Morgan fingerprint density at radius 1 is 1.00 bits per heavy atom. The van der Waals surface area contributed by atoms with Gasteiger partial charge in [-0.05, 0) is 36.8 Å². The molecule has 1 N–H and O–H groups in total. The molecule has 0 aliphatic carbocycles. The maximum Gasteiger partial charge on any atom is 0.203 e. The molecule has 1 fully saturated rings. The zero-order valence-corrected chi connectivity index (χ0v) is 21.4. The van der Waals surface area contributed by atoms with Crippen molar-refractivity contribution in [2.24, 2.45) is 4.99 Å². The molecule has 176 valence electrons. The van der Waals surface area contributed by atoms with Crippen LogP contribution in [0.15, 0.2) is 41.4 Å². The van der Waals surface area contributed by atoms with Gasteiger partial charge in [0.2, 0.25) is 5.75 Å². The molecule has 2 aromatic rings. The van der Waals surface area contributed by atoms with Gasteiger partial charge in [-0.3, -0.25) is 0 Å². The summed E-state index contributed by atoms with van der Waals surface area (Å²) in [6, 6.07) is 10.7. The minimum atomic E-state index is -0.182. The molecular weight excluding hydrogens is 526 g/mol. The molecule has 1 heterocycles. The first kappa shape index (κ1) is 25.8. The highest BCUT2D eigenvalue weighted by Gasteiger charge is 2.21. The Hall–Kier alpha value is -2.43. The van der Waals surface area contributed by atoms with Crippen molar-refractivity contribution in [3.63, 3.8) is 0 Å². The molecule has 0 atom stereocenters. The summed E-state index contributed by atoms with van der Waals surface area (Å²) in [7, 11) is 4.79. The second kappa shape index (κ2) is 12.6. The summed E-state index contributed by atoms with van der Waals surface area (Å²) >= 11 is 0. The van der Waals surface area contributed by atoms with E-state index in [9.17, 15) is 4.39 Å². The minimum absolute atomic E-state index is 0. The van der Waals surface area contributed by atoms with Gasteiger partial charge in [0, 0.05) is 32.7 Å². The quantitative estimate of drug-likeness (QED) is 0.318. The molecule has 9 heteroatoms. The summed E-state index contributed by atoms with van der Waals surface area (Å²) in [6.07, 6.45) is 0. The van der Waals surface area contributed by atoms with Crippen molar-refractivity contribution in [2.75, 3.05) is 59.0 Å². The number of ether oxygens (including phenoxy) is 3. The van der Waals surface area contributed by atoms with E-state index in [-0.39, 0.29) is 29.8 Å². The van der Waals surface area contributed by atoms with Crippen molar-refractivity contribution >= 4 is 35.6 Å². The van der Waals surface area contributed by atoms with Gasteiger partial charge in [0.1, 0.15) is 5.82 Å². The average Bonchev–Trinajstić information content (AvgIpc) is 2.81. The van der Waals surface area contributed by atoms with E-state index in [1.807, 2.05) is 31.2 Å². The van der Waals surface area contributed by atoms with Crippen LogP contribution in [-0.2, 0) is 6.54 Å². The molecule has 32 heavy (non-hydrogen) atoms. The zero-order valence-electron chi connectivity index (χ0n) is 19.1. The van der Waals surface area contributed by atoms with Crippen LogP contribution in [0.25, 0.3) is 0 Å². The van der Waals surface area contributed by atoms with Crippen LogP contribution in [0.3, 0.4) is 0 Å². The van der Waals surface area contributed by atoms with Crippen molar-refractivity contribution in [3.8, 4) is 17.2 Å². The maximum atomic E-state index is 14.1. The fraction of sp³-hybridized carbons (Fsp3) is 0.435. The molecule has 7 nitrogen and oxygen atoms in total. The number of piperazine rings is 1. The number of hydrogen-bond donors (Lipinski definition) is 1. The first-order chi connectivity index (χ1) is 15.1. The highest BCUT2D eigenvalue weighted by atomic mass is 127. The van der Waals surface area contributed by atoms with Crippen LogP contribution in [0.1, 0.15) is 12.5 Å². The SMILES string of the molecule is CCNC(=NCc1cc(OC)c(OC)c(OC)c1)N1CCN(c2ccccc2F)CC1.I. The van der Waals surface area contributed by atoms with Gasteiger partial charge < -0.3 is 29.3 Å². The van der Waals surface area contributed by atoms with E-state index in [1.165, 1.54) is 6.07 Å². The molecule has 0 amide bonds. The fourth-order valence-corrected chi connectivity index (χ4v) is 3.69. The van der Waals surface area contributed by atoms with Gasteiger partial charge >= 0.3 is 0 Å². The number of methoxy groups -OCH3 is 3. The van der Waals surface area contributed by atoms with Crippen LogP contribution < -0.4 is 24.4 Å². The first-order valence-corrected chi connectivity index (χ1v) is 10.4. The molecule has 0 bridgehead atoms. The average molecular weight is 558 g/mol. The first-order valence-electron chi connectivity index (χ1n) is 10.4. The van der Waals surface area contributed by atoms with E-state index in [2.05, 4.69) is 15.1 Å². The van der Waals surface area contributed by atoms with E-state index < -0.39 is 0 Å². The summed E-state index contributed by atoms with van der Waals surface area (Å²) in [5.41, 5.74) is 1.61. The highest BCUT2D eigenvalue weighted by molar-refractivity contribution is 14.0. The number of halogens is 2. The van der Waals surface area contributed by atoms with Crippen LogP contribution in [0.4, 0.5) is 10.1 Å². The van der Waals surface area contributed by atoms with E-state index in [0.717, 1.165) is 44.2 Å². The summed E-state index contributed by atoms with van der Waals surface area (Å²) in [5.74, 6) is 2.43. The molecule has 1 saturated heterocycles. The largest absolute Gasteiger partial charge is 0.493 e. The number of nitrogens with zero attached hydrogens (tertiary/aromatic N) is 3. The van der Waals surface area contributed by atoms with Crippen LogP contribution in [0.2, 0.25) is 0 Å². The number of benzene rings is 2. The third-order valence-corrected chi connectivity index (χ3v) is 5.24. The molecular formula is C23H32FIN4O3. The fourth-order valence-electron chi connectivity index (χ4n) is 3.69. The van der Waals surface area contributed by atoms with Crippen molar-refractivity contribution in [2.45, 2.75) is 13.5 Å².